The minimum atomic E-state index is -0.534. The predicted molar refractivity (Wildman–Crippen MR) is 67.6 cm³/mol. The molecule has 0 aromatic heterocycles. The molecule has 0 aliphatic heterocycles. The van der Waals surface area contributed by atoms with E-state index in [4.69, 9.17) is 11.6 Å². The van der Waals surface area contributed by atoms with Crippen molar-refractivity contribution >= 4 is 17.5 Å². The second-order valence-corrected chi connectivity index (χ2v) is 4.81. The molecule has 0 saturated carbocycles. The van der Waals surface area contributed by atoms with Crippen molar-refractivity contribution in [2.45, 2.75) is 19.3 Å². The molecule has 0 fully saturated rings. The molecular formula is C13H15ClFNO. The zero-order chi connectivity index (χ0) is 13.1. The van der Waals surface area contributed by atoms with E-state index in [1.165, 1.54) is 12.1 Å². The SMILES string of the molecule is C=CC(=O)NCC(C)(C)c1cccc(Cl)c1F. The van der Waals surface area contributed by atoms with Crippen LogP contribution in [0, 0.1) is 5.82 Å². The molecule has 0 saturated heterocycles. The molecule has 1 aromatic rings. The highest BCUT2D eigenvalue weighted by molar-refractivity contribution is 6.30. The van der Waals surface area contributed by atoms with Crippen molar-refractivity contribution < 1.29 is 9.18 Å². The lowest BCUT2D eigenvalue weighted by Crippen LogP contribution is -2.36. The average Bonchev–Trinajstić information content (AvgIpc) is 2.29. The molecular weight excluding hydrogens is 241 g/mol. The van der Waals surface area contributed by atoms with E-state index >= 15 is 0 Å². The highest BCUT2D eigenvalue weighted by Crippen LogP contribution is 2.28. The summed E-state index contributed by atoms with van der Waals surface area (Å²) in [7, 11) is 0. The number of hydrogen-bond donors (Lipinski definition) is 1. The van der Waals surface area contributed by atoms with Crippen molar-refractivity contribution in [1.82, 2.24) is 5.32 Å². The van der Waals surface area contributed by atoms with E-state index in [9.17, 15) is 9.18 Å². The van der Waals surface area contributed by atoms with Gasteiger partial charge in [-0.2, -0.15) is 0 Å². The van der Waals surface area contributed by atoms with Gasteiger partial charge in [-0.3, -0.25) is 4.79 Å². The molecule has 1 aromatic carbocycles. The number of hydrogen-bond acceptors (Lipinski definition) is 1. The van der Waals surface area contributed by atoms with Crippen LogP contribution in [0.4, 0.5) is 4.39 Å². The van der Waals surface area contributed by atoms with Gasteiger partial charge in [0.05, 0.1) is 5.02 Å². The van der Waals surface area contributed by atoms with Gasteiger partial charge in [-0.15, -0.1) is 0 Å². The summed E-state index contributed by atoms with van der Waals surface area (Å²) in [5.74, 6) is -0.715. The van der Waals surface area contributed by atoms with Crippen LogP contribution in [0.5, 0.6) is 0 Å². The lowest BCUT2D eigenvalue weighted by Gasteiger charge is -2.26. The predicted octanol–water partition coefficient (Wildman–Crippen LogP) is 3.06. The Kier molecular flexibility index (Phi) is 4.29. The topological polar surface area (TPSA) is 29.1 Å². The molecule has 0 spiro atoms. The fraction of sp³-hybridized carbons (Fsp3) is 0.308. The van der Waals surface area contributed by atoms with Gasteiger partial charge in [-0.25, -0.2) is 4.39 Å². The van der Waals surface area contributed by atoms with E-state index in [0.29, 0.717) is 12.1 Å². The van der Waals surface area contributed by atoms with Crippen molar-refractivity contribution in [2.24, 2.45) is 0 Å². The third-order valence-electron chi connectivity index (χ3n) is 2.57. The summed E-state index contributed by atoms with van der Waals surface area (Å²) >= 11 is 5.73. The molecule has 0 atom stereocenters. The Balaban J connectivity index is 2.92. The van der Waals surface area contributed by atoms with E-state index < -0.39 is 11.2 Å². The van der Waals surface area contributed by atoms with Crippen LogP contribution in [0.1, 0.15) is 19.4 Å². The van der Waals surface area contributed by atoms with Crippen LogP contribution in [0.25, 0.3) is 0 Å². The Labute approximate surface area is 105 Å². The summed E-state index contributed by atoms with van der Waals surface area (Å²) in [6.07, 6.45) is 1.18. The third-order valence-corrected chi connectivity index (χ3v) is 2.86. The summed E-state index contributed by atoms with van der Waals surface area (Å²) in [5, 5.41) is 2.74. The van der Waals surface area contributed by atoms with Gasteiger partial charge in [0.1, 0.15) is 5.82 Å². The molecule has 0 radical (unpaired) electrons. The van der Waals surface area contributed by atoms with Crippen LogP contribution in [-0.4, -0.2) is 12.5 Å². The first-order chi connectivity index (χ1) is 7.88. The molecule has 2 nitrogen and oxygen atoms in total. The molecule has 0 bridgehead atoms. The van der Waals surface area contributed by atoms with Crippen LogP contribution in [0.2, 0.25) is 5.02 Å². The zero-order valence-electron chi connectivity index (χ0n) is 9.89. The van der Waals surface area contributed by atoms with Crippen LogP contribution < -0.4 is 5.32 Å². The summed E-state index contributed by atoms with van der Waals surface area (Å²) in [6.45, 7) is 7.35. The second kappa shape index (κ2) is 5.32. The van der Waals surface area contributed by atoms with Crippen molar-refractivity contribution in [1.29, 1.82) is 0 Å². The zero-order valence-corrected chi connectivity index (χ0v) is 10.6. The molecule has 4 heteroatoms. The summed E-state index contributed by atoms with van der Waals surface area (Å²) in [4.78, 5) is 11.1. The molecule has 92 valence electrons. The van der Waals surface area contributed by atoms with Crippen molar-refractivity contribution in [3.8, 4) is 0 Å². The molecule has 1 amide bonds. The standard InChI is InChI=1S/C13H15ClFNO/c1-4-11(17)16-8-13(2,3)9-6-5-7-10(14)12(9)15/h4-7H,1,8H2,2-3H3,(H,16,17). The average molecular weight is 256 g/mol. The maximum atomic E-state index is 13.8. The lowest BCUT2D eigenvalue weighted by molar-refractivity contribution is -0.116. The van der Waals surface area contributed by atoms with Gasteiger partial charge in [-0.1, -0.05) is 44.2 Å². The van der Waals surface area contributed by atoms with Gasteiger partial charge in [0.25, 0.3) is 0 Å². The van der Waals surface area contributed by atoms with Crippen molar-refractivity contribution in [2.75, 3.05) is 6.54 Å². The fourth-order valence-electron chi connectivity index (χ4n) is 1.50. The fourth-order valence-corrected chi connectivity index (χ4v) is 1.68. The van der Waals surface area contributed by atoms with Crippen LogP contribution >= 0.6 is 11.6 Å². The van der Waals surface area contributed by atoms with E-state index in [-0.39, 0.29) is 10.9 Å². The lowest BCUT2D eigenvalue weighted by atomic mass is 9.84. The number of amides is 1. The molecule has 1 rings (SSSR count). The van der Waals surface area contributed by atoms with Gasteiger partial charge in [-0.05, 0) is 17.7 Å². The van der Waals surface area contributed by atoms with Crippen molar-refractivity contribution in [3.05, 3.63) is 47.3 Å². The molecule has 0 aliphatic carbocycles. The molecule has 0 unspecified atom stereocenters. The van der Waals surface area contributed by atoms with Gasteiger partial charge in [0, 0.05) is 12.0 Å². The van der Waals surface area contributed by atoms with Crippen LogP contribution in [0.15, 0.2) is 30.9 Å². The number of carbonyl (C=O) groups excluding carboxylic acids is 1. The Hall–Kier alpha value is -1.35. The smallest absolute Gasteiger partial charge is 0.243 e. The Morgan fingerprint density at radius 2 is 2.24 bits per heavy atom. The van der Waals surface area contributed by atoms with E-state index in [1.807, 2.05) is 13.8 Å². The molecule has 17 heavy (non-hydrogen) atoms. The molecule has 0 heterocycles. The van der Waals surface area contributed by atoms with E-state index in [2.05, 4.69) is 11.9 Å². The van der Waals surface area contributed by atoms with Crippen molar-refractivity contribution in [3.63, 3.8) is 0 Å². The first-order valence-electron chi connectivity index (χ1n) is 5.23. The summed E-state index contributed by atoms with van der Waals surface area (Å²) in [6, 6.07) is 4.86. The maximum Gasteiger partial charge on any atom is 0.243 e. The number of rotatable bonds is 4. The third kappa shape index (κ3) is 3.30. The van der Waals surface area contributed by atoms with Crippen LogP contribution in [0.3, 0.4) is 0 Å². The van der Waals surface area contributed by atoms with E-state index in [0.717, 1.165) is 0 Å². The Bertz CT molecular complexity index is 443. The largest absolute Gasteiger partial charge is 0.352 e. The summed E-state index contributed by atoms with van der Waals surface area (Å²) in [5.41, 5.74) is -0.0532. The molecule has 0 aliphatic rings. The minimum Gasteiger partial charge on any atom is -0.352 e. The van der Waals surface area contributed by atoms with Gasteiger partial charge >= 0.3 is 0 Å². The van der Waals surface area contributed by atoms with Gasteiger partial charge < -0.3 is 5.32 Å². The quantitative estimate of drug-likeness (QED) is 0.824. The first kappa shape index (κ1) is 13.7. The Morgan fingerprint density at radius 3 is 2.82 bits per heavy atom. The number of carbonyl (C=O) groups is 1. The maximum absolute atomic E-state index is 13.8. The number of halogens is 2. The normalized spacial score (nSPS) is 11.1. The highest BCUT2D eigenvalue weighted by Gasteiger charge is 2.25. The number of nitrogens with one attached hydrogen (secondary N) is 1. The van der Waals surface area contributed by atoms with Gasteiger partial charge in [0.15, 0.2) is 0 Å². The minimum absolute atomic E-state index is 0.0885. The molecule has 1 N–H and O–H groups in total. The monoisotopic (exact) mass is 255 g/mol. The van der Waals surface area contributed by atoms with Gasteiger partial charge in [0.2, 0.25) is 5.91 Å². The number of benzene rings is 1. The highest BCUT2D eigenvalue weighted by atomic mass is 35.5. The first-order valence-corrected chi connectivity index (χ1v) is 5.61. The summed E-state index contributed by atoms with van der Waals surface area (Å²) < 4.78 is 13.8. The Morgan fingerprint density at radius 1 is 1.59 bits per heavy atom. The second-order valence-electron chi connectivity index (χ2n) is 4.41. The van der Waals surface area contributed by atoms with E-state index in [1.54, 1.807) is 12.1 Å². The van der Waals surface area contributed by atoms with Crippen LogP contribution in [-0.2, 0) is 10.2 Å².